The van der Waals surface area contributed by atoms with Crippen LogP contribution in [-0.2, 0) is 6.54 Å². The maximum absolute atomic E-state index is 8.80. The Hall–Kier alpha value is -2.61. The molecule has 5 heteroatoms. The van der Waals surface area contributed by atoms with Crippen molar-refractivity contribution in [1.29, 1.82) is 5.26 Å². The molecule has 2 aromatic rings. The highest BCUT2D eigenvalue weighted by Crippen LogP contribution is 2.15. The summed E-state index contributed by atoms with van der Waals surface area (Å²) in [4.78, 5) is 8.07. The lowest BCUT2D eigenvalue weighted by atomic mass is 10.1. The molecule has 0 spiro atoms. The first-order chi connectivity index (χ1) is 8.72. The second-order valence-corrected chi connectivity index (χ2v) is 3.83. The molecule has 0 atom stereocenters. The number of hydrogen-bond acceptors (Lipinski definition) is 3. The summed E-state index contributed by atoms with van der Waals surface area (Å²) < 4.78 is 0. The van der Waals surface area contributed by atoms with Crippen molar-refractivity contribution in [1.82, 2.24) is 10.3 Å². The smallest absolute Gasteiger partial charge is 0.188 e. The molecular weight excluding hydrogens is 226 g/mol. The number of guanidine groups is 1. The lowest BCUT2D eigenvalue weighted by molar-refractivity contribution is 0.902. The van der Waals surface area contributed by atoms with E-state index in [4.69, 9.17) is 11.0 Å². The van der Waals surface area contributed by atoms with E-state index in [1.165, 1.54) is 0 Å². The molecule has 0 bridgehead atoms. The van der Waals surface area contributed by atoms with Gasteiger partial charge in [0.1, 0.15) is 6.07 Å². The summed E-state index contributed by atoms with van der Waals surface area (Å²) in [6, 6.07) is 9.78. The molecule has 0 unspecified atom stereocenters. The van der Waals surface area contributed by atoms with Crippen molar-refractivity contribution in [2.24, 2.45) is 10.7 Å². The van der Waals surface area contributed by atoms with Gasteiger partial charge in [-0.2, -0.15) is 5.26 Å². The molecule has 5 nitrogen and oxygen atoms in total. The minimum absolute atomic E-state index is 0.405. The molecule has 1 aromatic carbocycles. The first-order valence-corrected chi connectivity index (χ1v) is 5.48. The van der Waals surface area contributed by atoms with Crippen LogP contribution in [0.3, 0.4) is 0 Å². The Morgan fingerprint density at radius 2 is 2.33 bits per heavy atom. The van der Waals surface area contributed by atoms with Crippen molar-refractivity contribution in [3.63, 3.8) is 0 Å². The van der Waals surface area contributed by atoms with E-state index in [2.05, 4.69) is 21.4 Å². The van der Waals surface area contributed by atoms with Gasteiger partial charge in [0.05, 0.1) is 11.1 Å². The fraction of sp³-hybridized carbons (Fsp3) is 0.154. The van der Waals surface area contributed by atoms with E-state index in [0.29, 0.717) is 18.1 Å². The number of nitrogens with one attached hydrogen (secondary N) is 1. The van der Waals surface area contributed by atoms with Crippen molar-refractivity contribution >= 4 is 16.9 Å². The highest BCUT2D eigenvalue weighted by atomic mass is 15.1. The van der Waals surface area contributed by atoms with E-state index in [1.54, 1.807) is 13.2 Å². The van der Waals surface area contributed by atoms with Gasteiger partial charge in [-0.25, -0.2) is 0 Å². The largest absolute Gasteiger partial charge is 0.370 e. The summed E-state index contributed by atoms with van der Waals surface area (Å²) in [7, 11) is 1.63. The Labute approximate surface area is 105 Å². The average molecular weight is 239 g/mol. The molecule has 1 aromatic heterocycles. The lowest BCUT2D eigenvalue weighted by Gasteiger charge is -2.06. The quantitative estimate of drug-likeness (QED) is 0.607. The Kier molecular flexibility index (Phi) is 3.39. The molecule has 18 heavy (non-hydrogen) atoms. The van der Waals surface area contributed by atoms with E-state index >= 15 is 0 Å². The summed E-state index contributed by atoms with van der Waals surface area (Å²) in [5.74, 6) is 0.405. The van der Waals surface area contributed by atoms with E-state index in [9.17, 15) is 0 Å². The van der Waals surface area contributed by atoms with Crippen LogP contribution in [0.15, 0.2) is 35.5 Å². The van der Waals surface area contributed by atoms with Crippen LogP contribution in [0.2, 0.25) is 0 Å². The molecule has 90 valence electrons. The maximum atomic E-state index is 8.80. The molecule has 2 rings (SSSR count). The first kappa shape index (κ1) is 11.9. The Bertz CT molecular complexity index is 639. The third-order valence-electron chi connectivity index (χ3n) is 2.59. The molecule has 0 fully saturated rings. The zero-order valence-corrected chi connectivity index (χ0v) is 10.0. The number of hydrogen-bond donors (Lipinski definition) is 2. The third-order valence-corrected chi connectivity index (χ3v) is 2.59. The Morgan fingerprint density at radius 3 is 3.06 bits per heavy atom. The van der Waals surface area contributed by atoms with Gasteiger partial charge in [0.15, 0.2) is 5.96 Å². The molecule has 0 saturated carbocycles. The Morgan fingerprint density at radius 1 is 1.50 bits per heavy atom. The van der Waals surface area contributed by atoms with Gasteiger partial charge in [0.2, 0.25) is 0 Å². The zero-order chi connectivity index (χ0) is 13.0. The number of aromatic nitrogens is 1. The normalized spacial score (nSPS) is 11.2. The number of nitrogens with two attached hydrogens (primary N) is 1. The van der Waals surface area contributed by atoms with Crippen molar-refractivity contribution < 1.29 is 0 Å². The van der Waals surface area contributed by atoms with Crippen molar-refractivity contribution in [2.75, 3.05) is 7.05 Å². The summed E-state index contributed by atoms with van der Waals surface area (Å²) in [6.07, 6.45) is 1.57. The van der Waals surface area contributed by atoms with Crippen LogP contribution >= 0.6 is 0 Å². The van der Waals surface area contributed by atoms with E-state index < -0.39 is 0 Å². The number of benzene rings is 1. The number of nitriles is 1. The van der Waals surface area contributed by atoms with Gasteiger partial charge in [0, 0.05) is 25.2 Å². The monoisotopic (exact) mass is 239 g/mol. The predicted molar refractivity (Wildman–Crippen MR) is 70.8 cm³/mol. The van der Waals surface area contributed by atoms with Gasteiger partial charge in [-0.15, -0.1) is 0 Å². The topological polar surface area (TPSA) is 87.1 Å². The summed E-state index contributed by atoms with van der Waals surface area (Å²) >= 11 is 0. The molecule has 0 aliphatic heterocycles. The van der Waals surface area contributed by atoms with Crippen molar-refractivity contribution in [2.45, 2.75) is 6.54 Å². The van der Waals surface area contributed by atoms with Crippen LogP contribution in [-0.4, -0.2) is 18.0 Å². The van der Waals surface area contributed by atoms with Crippen LogP contribution in [0, 0.1) is 11.3 Å². The third kappa shape index (κ3) is 2.55. The van der Waals surface area contributed by atoms with Gasteiger partial charge in [-0.05, 0) is 17.7 Å². The van der Waals surface area contributed by atoms with Crippen LogP contribution in [0.25, 0.3) is 10.9 Å². The fourth-order valence-corrected chi connectivity index (χ4v) is 1.61. The fourth-order valence-electron chi connectivity index (χ4n) is 1.61. The minimum atomic E-state index is 0.405. The van der Waals surface area contributed by atoms with E-state index in [-0.39, 0.29) is 0 Å². The zero-order valence-electron chi connectivity index (χ0n) is 10.0. The molecule has 0 aliphatic carbocycles. The van der Waals surface area contributed by atoms with Crippen LogP contribution in [0.5, 0.6) is 0 Å². The first-order valence-electron chi connectivity index (χ1n) is 5.48. The average Bonchev–Trinajstić information content (AvgIpc) is 2.43. The minimum Gasteiger partial charge on any atom is -0.370 e. The molecule has 0 amide bonds. The van der Waals surface area contributed by atoms with Crippen LogP contribution in [0.4, 0.5) is 0 Å². The van der Waals surface area contributed by atoms with Crippen molar-refractivity contribution in [3.8, 4) is 6.07 Å². The highest BCUT2D eigenvalue weighted by Gasteiger charge is 2.00. The summed E-state index contributed by atoms with van der Waals surface area (Å²) in [5, 5.41) is 12.7. The van der Waals surface area contributed by atoms with Crippen molar-refractivity contribution in [3.05, 3.63) is 41.6 Å². The molecule has 0 radical (unpaired) electrons. The molecule has 0 saturated heterocycles. The number of fused-ring (bicyclic) bond motifs is 1. The number of aliphatic imine (C=N–C) groups is 1. The van der Waals surface area contributed by atoms with E-state index in [1.807, 2.05) is 24.3 Å². The summed E-state index contributed by atoms with van der Waals surface area (Å²) in [6.45, 7) is 0.598. The number of nitrogens with zero attached hydrogens (tertiary/aromatic N) is 3. The van der Waals surface area contributed by atoms with Crippen LogP contribution < -0.4 is 11.1 Å². The number of pyridine rings is 1. The summed E-state index contributed by atoms with van der Waals surface area (Å²) in [5.41, 5.74) is 8.05. The predicted octanol–water partition coefficient (Wildman–Crippen LogP) is 1.14. The Balaban J connectivity index is 2.26. The van der Waals surface area contributed by atoms with Crippen LogP contribution in [0.1, 0.15) is 11.1 Å². The van der Waals surface area contributed by atoms with E-state index in [0.717, 1.165) is 16.5 Å². The molecule has 0 aliphatic rings. The second kappa shape index (κ2) is 5.15. The molecular formula is C13H13N5. The van der Waals surface area contributed by atoms with Gasteiger partial charge in [-0.1, -0.05) is 12.1 Å². The molecule has 3 N–H and O–H groups in total. The highest BCUT2D eigenvalue weighted by molar-refractivity contribution is 5.81. The second-order valence-electron chi connectivity index (χ2n) is 3.83. The van der Waals surface area contributed by atoms with Gasteiger partial charge >= 0.3 is 0 Å². The van der Waals surface area contributed by atoms with Gasteiger partial charge < -0.3 is 11.1 Å². The number of rotatable bonds is 2. The standard InChI is InChI=1S/C13H13N5/c1-16-13(15)18-7-9-2-3-11-4-10(6-14)8-17-12(11)5-9/h2-5,8H,7H2,1H3,(H3,15,16,18). The molecule has 1 heterocycles. The lowest BCUT2D eigenvalue weighted by Crippen LogP contribution is -2.30. The van der Waals surface area contributed by atoms with Gasteiger partial charge in [-0.3, -0.25) is 9.98 Å². The maximum Gasteiger partial charge on any atom is 0.188 e. The van der Waals surface area contributed by atoms with Gasteiger partial charge in [0.25, 0.3) is 0 Å². The SMILES string of the molecule is CN=C(N)NCc1ccc2cc(C#N)cnc2c1.